The molecule has 4 rings (SSSR count). The third kappa shape index (κ3) is 2.34. The van der Waals surface area contributed by atoms with E-state index in [0.29, 0.717) is 12.2 Å². The van der Waals surface area contributed by atoms with Crippen LogP contribution in [0.5, 0.6) is 5.75 Å². The van der Waals surface area contributed by atoms with Crippen LogP contribution < -0.4 is 4.74 Å². The zero-order chi connectivity index (χ0) is 15.1. The van der Waals surface area contributed by atoms with Gasteiger partial charge >= 0.3 is 5.97 Å². The normalized spacial score (nSPS) is 17.3. The Morgan fingerprint density at radius 3 is 2.95 bits per heavy atom. The highest BCUT2D eigenvalue weighted by Gasteiger charge is 2.32. The molecule has 3 aromatic rings. The van der Waals surface area contributed by atoms with Gasteiger partial charge in [0.25, 0.3) is 0 Å². The number of ether oxygens (including phenoxy) is 1. The maximum atomic E-state index is 12.4. The molecule has 5 heteroatoms. The third-order valence-corrected chi connectivity index (χ3v) is 5.61. The number of hydrogen-bond acceptors (Lipinski definition) is 4. The summed E-state index contributed by atoms with van der Waals surface area (Å²) in [7, 11) is 0. The third-order valence-electron chi connectivity index (χ3n) is 3.81. The van der Waals surface area contributed by atoms with Crippen molar-refractivity contribution >= 4 is 43.5 Å². The Labute approximate surface area is 140 Å². The Balaban J connectivity index is 1.72. The standard InChI is InChI=1S/C17H12BrNO2S/c18-9-10-5-6-11-8-12(17(20)21-14(11)7-10)16-19-13-3-1-2-4-15(13)22-16/h1-7,12H,8-9H2. The molecule has 2 heterocycles. The van der Waals surface area contributed by atoms with Crippen LogP contribution in [0.25, 0.3) is 10.2 Å². The fourth-order valence-electron chi connectivity index (χ4n) is 2.66. The quantitative estimate of drug-likeness (QED) is 0.378. The van der Waals surface area contributed by atoms with Crippen LogP contribution >= 0.6 is 27.3 Å². The molecule has 110 valence electrons. The van der Waals surface area contributed by atoms with Crippen molar-refractivity contribution in [3.8, 4) is 5.75 Å². The molecular weight excluding hydrogens is 362 g/mol. The van der Waals surface area contributed by atoms with Gasteiger partial charge in [0.1, 0.15) is 16.7 Å². The fourth-order valence-corrected chi connectivity index (χ4v) is 4.06. The maximum Gasteiger partial charge on any atom is 0.321 e. The van der Waals surface area contributed by atoms with Gasteiger partial charge < -0.3 is 4.74 Å². The lowest BCUT2D eigenvalue weighted by molar-refractivity contribution is -0.137. The smallest absolute Gasteiger partial charge is 0.321 e. The Hall–Kier alpha value is -1.72. The van der Waals surface area contributed by atoms with Crippen LogP contribution in [0.4, 0.5) is 0 Å². The van der Waals surface area contributed by atoms with Crippen LogP contribution in [0.15, 0.2) is 42.5 Å². The molecule has 0 N–H and O–H groups in total. The van der Waals surface area contributed by atoms with E-state index in [2.05, 4.69) is 27.0 Å². The number of fused-ring (bicyclic) bond motifs is 2. The molecule has 22 heavy (non-hydrogen) atoms. The van der Waals surface area contributed by atoms with E-state index < -0.39 is 0 Å². The molecule has 0 fully saturated rings. The highest BCUT2D eigenvalue weighted by Crippen LogP contribution is 2.37. The van der Waals surface area contributed by atoms with Crippen LogP contribution in [0.3, 0.4) is 0 Å². The molecule has 0 radical (unpaired) electrons. The summed E-state index contributed by atoms with van der Waals surface area (Å²) in [5.41, 5.74) is 3.11. The lowest BCUT2D eigenvalue weighted by atomic mass is 9.95. The molecule has 3 nitrogen and oxygen atoms in total. The fraction of sp³-hybridized carbons (Fsp3) is 0.176. The van der Waals surface area contributed by atoms with Gasteiger partial charge in [-0.1, -0.05) is 40.2 Å². The summed E-state index contributed by atoms with van der Waals surface area (Å²) in [4.78, 5) is 17.0. The van der Waals surface area contributed by atoms with Crippen LogP contribution in [-0.4, -0.2) is 11.0 Å². The zero-order valence-corrected chi connectivity index (χ0v) is 14.0. The van der Waals surface area contributed by atoms with Crippen molar-refractivity contribution in [2.75, 3.05) is 0 Å². The number of esters is 1. The summed E-state index contributed by atoms with van der Waals surface area (Å²) < 4.78 is 6.65. The molecule has 1 atom stereocenters. The van der Waals surface area contributed by atoms with E-state index >= 15 is 0 Å². The molecule has 1 aromatic heterocycles. The van der Waals surface area contributed by atoms with E-state index in [1.807, 2.05) is 36.4 Å². The zero-order valence-electron chi connectivity index (χ0n) is 11.6. The van der Waals surface area contributed by atoms with Crippen molar-refractivity contribution in [3.05, 3.63) is 58.6 Å². The number of alkyl halides is 1. The summed E-state index contributed by atoms with van der Waals surface area (Å²) in [5, 5.41) is 1.58. The molecule has 0 bridgehead atoms. The molecule has 1 aliphatic heterocycles. The number of para-hydroxylation sites is 1. The van der Waals surface area contributed by atoms with E-state index in [9.17, 15) is 4.79 Å². The summed E-state index contributed by atoms with van der Waals surface area (Å²) in [5.74, 6) is 0.164. The van der Waals surface area contributed by atoms with Crippen molar-refractivity contribution in [3.63, 3.8) is 0 Å². The molecule has 2 aromatic carbocycles. The number of benzene rings is 2. The number of thiazole rings is 1. The average molecular weight is 374 g/mol. The summed E-state index contributed by atoms with van der Waals surface area (Å²) in [6.45, 7) is 0. The first-order valence-corrected chi connectivity index (χ1v) is 8.93. The lowest BCUT2D eigenvalue weighted by Crippen LogP contribution is -2.25. The highest BCUT2D eigenvalue weighted by atomic mass is 79.9. The highest BCUT2D eigenvalue weighted by molar-refractivity contribution is 9.08. The number of halogens is 1. The molecule has 0 amide bonds. The molecule has 0 saturated carbocycles. The van der Waals surface area contributed by atoms with Crippen LogP contribution in [-0.2, 0) is 16.5 Å². The molecule has 0 aliphatic carbocycles. The Morgan fingerprint density at radius 2 is 2.14 bits per heavy atom. The number of carbonyl (C=O) groups excluding carboxylic acids is 1. The molecular formula is C17H12BrNO2S. The van der Waals surface area contributed by atoms with Gasteiger partial charge in [0.2, 0.25) is 0 Å². The topological polar surface area (TPSA) is 39.2 Å². The SMILES string of the molecule is O=C1Oc2cc(CBr)ccc2CC1c1nc2ccccc2s1. The average Bonchev–Trinajstić information content (AvgIpc) is 2.97. The predicted molar refractivity (Wildman–Crippen MR) is 90.8 cm³/mol. The second-order valence-electron chi connectivity index (χ2n) is 5.27. The van der Waals surface area contributed by atoms with Crippen molar-refractivity contribution in [1.82, 2.24) is 4.98 Å². The van der Waals surface area contributed by atoms with Crippen molar-refractivity contribution in [2.24, 2.45) is 0 Å². The van der Waals surface area contributed by atoms with E-state index in [-0.39, 0.29) is 11.9 Å². The maximum absolute atomic E-state index is 12.4. The number of nitrogens with zero attached hydrogens (tertiary/aromatic N) is 1. The molecule has 0 saturated heterocycles. The van der Waals surface area contributed by atoms with Crippen LogP contribution in [0.2, 0.25) is 0 Å². The van der Waals surface area contributed by atoms with E-state index in [0.717, 1.165) is 31.7 Å². The Bertz CT molecular complexity index is 841. The largest absolute Gasteiger partial charge is 0.426 e. The number of aromatic nitrogens is 1. The molecule has 0 spiro atoms. The van der Waals surface area contributed by atoms with Gasteiger partial charge in [-0.25, -0.2) is 4.98 Å². The molecule has 1 unspecified atom stereocenters. The van der Waals surface area contributed by atoms with Gasteiger partial charge in [-0.05, 0) is 35.7 Å². The second-order valence-corrected chi connectivity index (χ2v) is 6.90. The van der Waals surface area contributed by atoms with Gasteiger partial charge in [0.15, 0.2) is 0 Å². The minimum Gasteiger partial charge on any atom is -0.426 e. The molecule has 1 aliphatic rings. The summed E-state index contributed by atoms with van der Waals surface area (Å²) >= 11 is 4.99. The minimum atomic E-state index is -0.306. The Morgan fingerprint density at radius 1 is 1.27 bits per heavy atom. The van der Waals surface area contributed by atoms with Crippen molar-refractivity contribution in [1.29, 1.82) is 0 Å². The monoisotopic (exact) mass is 373 g/mol. The van der Waals surface area contributed by atoms with Crippen LogP contribution in [0, 0.1) is 0 Å². The summed E-state index contributed by atoms with van der Waals surface area (Å²) in [6.07, 6.45) is 0.649. The first kappa shape index (κ1) is 13.9. The lowest BCUT2D eigenvalue weighted by Gasteiger charge is -2.22. The number of hydrogen-bond donors (Lipinski definition) is 0. The van der Waals surface area contributed by atoms with Gasteiger partial charge in [-0.15, -0.1) is 11.3 Å². The van der Waals surface area contributed by atoms with E-state index in [1.165, 1.54) is 0 Å². The van der Waals surface area contributed by atoms with Crippen LogP contribution in [0.1, 0.15) is 22.1 Å². The first-order valence-electron chi connectivity index (χ1n) is 6.99. The van der Waals surface area contributed by atoms with Gasteiger partial charge in [0, 0.05) is 5.33 Å². The van der Waals surface area contributed by atoms with Gasteiger partial charge in [-0.2, -0.15) is 0 Å². The van der Waals surface area contributed by atoms with Gasteiger partial charge in [0.05, 0.1) is 10.2 Å². The Kier molecular flexibility index (Phi) is 3.47. The van der Waals surface area contributed by atoms with E-state index in [1.54, 1.807) is 11.3 Å². The number of rotatable bonds is 2. The van der Waals surface area contributed by atoms with Gasteiger partial charge in [-0.3, -0.25) is 4.79 Å². The minimum absolute atomic E-state index is 0.210. The van der Waals surface area contributed by atoms with E-state index in [4.69, 9.17) is 4.74 Å². The van der Waals surface area contributed by atoms with Crippen molar-refractivity contribution in [2.45, 2.75) is 17.7 Å². The second kappa shape index (κ2) is 5.48. The summed E-state index contributed by atoms with van der Waals surface area (Å²) in [6, 6.07) is 14.0. The predicted octanol–water partition coefficient (Wildman–Crippen LogP) is 4.44. The first-order chi connectivity index (χ1) is 10.7. The van der Waals surface area contributed by atoms with Crippen molar-refractivity contribution < 1.29 is 9.53 Å². The number of carbonyl (C=O) groups is 1.